The van der Waals surface area contributed by atoms with Gasteiger partial charge in [0.1, 0.15) is 12.4 Å². The summed E-state index contributed by atoms with van der Waals surface area (Å²) in [5.41, 5.74) is 0.844. The summed E-state index contributed by atoms with van der Waals surface area (Å²) in [5.74, 6) is 3.41. The number of hydrogen-bond acceptors (Lipinski definition) is 3. The monoisotopic (exact) mass is 246 g/mol. The van der Waals surface area contributed by atoms with E-state index in [2.05, 4.69) is 12.0 Å². The molecule has 16 heavy (non-hydrogen) atoms. The summed E-state index contributed by atoms with van der Waals surface area (Å²) >= 11 is 0. The third-order valence-corrected chi connectivity index (χ3v) is 4.05. The van der Waals surface area contributed by atoms with Crippen molar-refractivity contribution >= 4 is 21.6 Å². The van der Waals surface area contributed by atoms with Crippen LogP contribution in [0.4, 0.5) is 0 Å². The minimum Gasteiger partial charge on any atom is -0.488 e. The maximum atomic E-state index is 5.66. The molecule has 0 spiro atoms. The number of rotatable bonds is 3. The molecule has 0 atom stereocenters. The van der Waals surface area contributed by atoms with Gasteiger partial charge in [-0.25, -0.2) is 0 Å². The van der Waals surface area contributed by atoms with E-state index in [1.807, 2.05) is 35.7 Å². The Labute approximate surface area is 103 Å². The van der Waals surface area contributed by atoms with Crippen molar-refractivity contribution in [2.45, 2.75) is 0 Å². The number of benzene rings is 1. The van der Waals surface area contributed by atoms with E-state index in [0.717, 1.165) is 11.3 Å². The fourth-order valence-electron chi connectivity index (χ4n) is 1.20. The van der Waals surface area contributed by atoms with Crippen LogP contribution in [0.25, 0.3) is 0 Å². The summed E-state index contributed by atoms with van der Waals surface area (Å²) in [7, 11) is 3.42. The molecule has 0 aromatic heterocycles. The van der Waals surface area contributed by atoms with E-state index in [-0.39, 0.29) is 0 Å². The maximum Gasteiger partial charge on any atom is 0.121 e. The Morgan fingerprint density at radius 3 is 3.06 bits per heavy atom. The van der Waals surface area contributed by atoms with Gasteiger partial charge in [0.15, 0.2) is 0 Å². The molecule has 0 N–H and O–H groups in total. The molecule has 1 aromatic carbocycles. The van der Waals surface area contributed by atoms with Gasteiger partial charge in [-0.1, -0.05) is 39.7 Å². The van der Waals surface area contributed by atoms with Crippen LogP contribution in [0.3, 0.4) is 0 Å². The predicted molar refractivity (Wildman–Crippen MR) is 72.3 cm³/mol. The van der Waals surface area contributed by atoms with Gasteiger partial charge in [-0.2, -0.15) is 0 Å². The van der Waals surface area contributed by atoms with Gasteiger partial charge in [-0.05, 0) is 29.7 Å². The zero-order valence-corrected chi connectivity index (χ0v) is 10.2. The number of allylic oxidation sites excluding steroid dienone is 2. The molecule has 0 fully saturated rings. The van der Waals surface area contributed by atoms with Crippen molar-refractivity contribution in [1.82, 2.24) is 0 Å². The second kappa shape index (κ2) is 5.74. The van der Waals surface area contributed by atoms with Crippen LogP contribution in [0.5, 0.6) is 5.75 Å². The van der Waals surface area contributed by atoms with Crippen molar-refractivity contribution in [3.63, 3.8) is 0 Å². The molecule has 80 valence electrons. The Kier molecular flexibility index (Phi) is 4.03. The molecular formula is C13H10OS2. The molecular weight excluding hydrogens is 236 g/mol. The smallest absolute Gasteiger partial charge is 0.121 e. The van der Waals surface area contributed by atoms with E-state index in [4.69, 9.17) is 11.2 Å². The third-order valence-electron chi connectivity index (χ3n) is 1.95. The van der Waals surface area contributed by atoms with E-state index in [9.17, 15) is 0 Å². The normalized spacial score (nSPS) is 14.1. The fourth-order valence-corrected chi connectivity index (χ4v) is 2.80. The highest BCUT2D eigenvalue weighted by Gasteiger charge is 2.02. The molecule has 3 heteroatoms. The molecule has 0 saturated carbocycles. The van der Waals surface area contributed by atoms with Crippen LogP contribution in [0, 0.1) is 12.3 Å². The van der Waals surface area contributed by atoms with Gasteiger partial charge in [-0.3, -0.25) is 0 Å². The summed E-state index contributed by atoms with van der Waals surface area (Å²) in [6.07, 6.45) is 9.41. The zero-order chi connectivity index (χ0) is 11.2. The molecule has 1 heterocycles. The molecule has 1 aliphatic heterocycles. The van der Waals surface area contributed by atoms with Crippen molar-refractivity contribution in [2.24, 2.45) is 0 Å². The van der Waals surface area contributed by atoms with E-state index >= 15 is 0 Å². The lowest BCUT2D eigenvalue weighted by atomic mass is 10.2. The first kappa shape index (κ1) is 11.3. The van der Waals surface area contributed by atoms with Crippen molar-refractivity contribution in [3.8, 4) is 18.1 Å². The molecule has 2 rings (SSSR count). The Balaban J connectivity index is 1.97. The first-order valence-corrected chi connectivity index (χ1v) is 6.98. The van der Waals surface area contributed by atoms with Gasteiger partial charge in [0.25, 0.3) is 0 Å². The van der Waals surface area contributed by atoms with Crippen LogP contribution < -0.4 is 4.74 Å². The van der Waals surface area contributed by atoms with Crippen molar-refractivity contribution in [3.05, 3.63) is 52.3 Å². The van der Waals surface area contributed by atoms with E-state index in [0.29, 0.717) is 6.61 Å². The molecule has 0 unspecified atom stereocenters. The Morgan fingerprint density at radius 2 is 2.31 bits per heavy atom. The average Bonchev–Trinajstić information content (AvgIpc) is 2.38. The van der Waals surface area contributed by atoms with Crippen LogP contribution in [0.15, 0.2) is 46.7 Å². The van der Waals surface area contributed by atoms with E-state index in [1.165, 1.54) is 4.91 Å². The molecule has 0 saturated heterocycles. The van der Waals surface area contributed by atoms with Gasteiger partial charge in [0.2, 0.25) is 0 Å². The van der Waals surface area contributed by atoms with Crippen molar-refractivity contribution in [2.75, 3.05) is 6.61 Å². The third kappa shape index (κ3) is 3.13. The molecule has 0 radical (unpaired) electrons. The summed E-state index contributed by atoms with van der Waals surface area (Å²) in [6, 6.07) is 7.58. The molecule has 0 aliphatic carbocycles. The first-order chi connectivity index (χ1) is 7.88. The number of ether oxygens (including phenoxy) is 1. The highest BCUT2D eigenvalue weighted by Crippen LogP contribution is 2.34. The molecule has 0 bridgehead atoms. The lowest BCUT2D eigenvalue weighted by Crippen LogP contribution is -1.98. The lowest BCUT2D eigenvalue weighted by molar-refractivity contribution is 0.360. The summed E-state index contributed by atoms with van der Waals surface area (Å²) in [4.78, 5) is 1.21. The van der Waals surface area contributed by atoms with Gasteiger partial charge in [0.05, 0.1) is 0 Å². The van der Waals surface area contributed by atoms with Gasteiger partial charge in [-0.15, -0.1) is 6.42 Å². The highest BCUT2D eigenvalue weighted by atomic mass is 33.1. The van der Waals surface area contributed by atoms with E-state index < -0.39 is 0 Å². The van der Waals surface area contributed by atoms with Crippen LogP contribution in [0.2, 0.25) is 0 Å². The molecule has 1 nitrogen and oxygen atoms in total. The fraction of sp³-hybridized carbons (Fsp3) is 0.0769. The SMILES string of the molecule is C#Cc1cccc(OCC2=CC=CSS2)c1. The van der Waals surface area contributed by atoms with Crippen LogP contribution in [-0.2, 0) is 0 Å². The standard InChI is InChI=1S/C13H10OS2/c1-2-11-5-3-6-12(9-11)14-10-13-7-4-8-15-16-13/h1,3-9H,10H2. The van der Waals surface area contributed by atoms with Gasteiger partial charge >= 0.3 is 0 Å². The minimum atomic E-state index is 0.593. The van der Waals surface area contributed by atoms with Crippen LogP contribution in [-0.4, -0.2) is 6.61 Å². The molecule has 1 aliphatic rings. The topological polar surface area (TPSA) is 9.23 Å². The summed E-state index contributed by atoms with van der Waals surface area (Å²) in [6.45, 7) is 0.593. The Hall–Kier alpha value is -1.24. The quantitative estimate of drug-likeness (QED) is 0.592. The van der Waals surface area contributed by atoms with Gasteiger partial charge < -0.3 is 4.74 Å². The average molecular weight is 246 g/mol. The number of terminal acetylenes is 1. The molecule has 0 amide bonds. The zero-order valence-electron chi connectivity index (χ0n) is 8.55. The van der Waals surface area contributed by atoms with Crippen LogP contribution in [0.1, 0.15) is 5.56 Å². The largest absolute Gasteiger partial charge is 0.488 e. The highest BCUT2D eigenvalue weighted by molar-refractivity contribution is 8.79. The van der Waals surface area contributed by atoms with Gasteiger partial charge in [0, 0.05) is 10.5 Å². The Bertz CT molecular complexity index is 469. The second-order valence-electron chi connectivity index (χ2n) is 3.10. The van der Waals surface area contributed by atoms with E-state index in [1.54, 1.807) is 21.6 Å². The maximum absolute atomic E-state index is 5.66. The Morgan fingerprint density at radius 1 is 1.38 bits per heavy atom. The van der Waals surface area contributed by atoms with Crippen molar-refractivity contribution < 1.29 is 4.74 Å². The first-order valence-electron chi connectivity index (χ1n) is 4.77. The second-order valence-corrected chi connectivity index (χ2v) is 5.33. The molecule has 1 aromatic rings. The summed E-state index contributed by atoms with van der Waals surface area (Å²) < 4.78 is 5.66. The predicted octanol–water partition coefficient (Wildman–Crippen LogP) is 3.84. The minimum absolute atomic E-state index is 0.593. The number of hydrogen-bond donors (Lipinski definition) is 0. The van der Waals surface area contributed by atoms with Crippen LogP contribution >= 0.6 is 21.6 Å². The lowest BCUT2D eigenvalue weighted by Gasteiger charge is -2.09. The van der Waals surface area contributed by atoms with Crippen molar-refractivity contribution in [1.29, 1.82) is 0 Å². The summed E-state index contributed by atoms with van der Waals surface area (Å²) in [5, 5.41) is 2.05.